The summed E-state index contributed by atoms with van der Waals surface area (Å²) >= 11 is 6.18. The molecule has 0 aliphatic heterocycles. The Hall–Kier alpha value is -2.46. The van der Waals surface area contributed by atoms with E-state index in [1.807, 2.05) is 30.3 Å². The molecule has 0 radical (unpaired) electrons. The summed E-state index contributed by atoms with van der Waals surface area (Å²) in [5.74, 6) is -1.40. The summed E-state index contributed by atoms with van der Waals surface area (Å²) in [5.41, 5.74) is 1.80. The van der Waals surface area contributed by atoms with E-state index in [2.05, 4.69) is 9.97 Å². The Morgan fingerprint density at radius 2 is 1.70 bits per heavy atom. The van der Waals surface area contributed by atoms with Crippen molar-refractivity contribution < 1.29 is 9.90 Å². The highest BCUT2D eigenvalue weighted by Crippen LogP contribution is 2.31. The fraction of sp³-hybridized carbons (Fsp3) is 0. The number of para-hydroxylation sites is 1. The first-order valence-corrected chi connectivity index (χ1v) is 6.29. The zero-order chi connectivity index (χ0) is 14.1. The van der Waals surface area contributed by atoms with E-state index in [1.54, 1.807) is 18.2 Å². The third-order valence-corrected chi connectivity index (χ3v) is 3.25. The molecule has 0 atom stereocenters. The molecule has 0 unspecified atom stereocenters. The molecule has 3 rings (SSSR count). The quantitative estimate of drug-likeness (QED) is 0.780. The van der Waals surface area contributed by atoms with Crippen molar-refractivity contribution in [3.05, 3.63) is 59.4 Å². The number of hydrogen-bond donors (Lipinski definition) is 1. The molecule has 5 heteroatoms. The zero-order valence-corrected chi connectivity index (χ0v) is 11.0. The summed E-state index contributed by atoms with van der Waals surface area (Å²) in [6.07, 6.45) is 0. The Morgan fingerprint density at radius 3 is 2.45 bits per heavy atom. The molecule has 1 N–H and O–H groups in total. The molecule has 3 aromatic rings. The number of halogens is 1. The molecule has 4 nitrogen and oxygen atoms in total. The SMILES string of the molecule is O=C(O)c1nc(-c2ccccc2Cl)c2ccccc2n1. The number of carboxylic acid groups (broad SMARTS) is 1. The highest BCUT2D eigenvalue weighted by molar-refractivity contribution is 6.33. The van der Waals surface area contributed by atoms with Gasteiger partial charge in [0.25, 0.3) is 0 Å². The summed E-state index contributed by atoms with van der Waals surface area (Å²) < 4.78 is 0. The Kier molecular flexibility index (Phi) is 3.08. The van der Waals surface area contributed by atoms with Crippen molar-refractivity contribution in [1.82, 2.24) is 9.97 Å². The standard InChI is InChI=1S/C15H9ClN2O2/c16-11-7-3-1-5-9(11)13-10-6-2-4-8-12(10)17-14(18-13)15(19)20/h1-8H,(H,19,20). The number of carbonyl (C=O) groups is 1. The van der Waals surface area contributed by atoms with Crippen molar-refractivity contribution in [2.75, 3.05) is 0 Å². The molecule has 0 saturated carbocycles. The highest BCUT2D eigenvalue weighted by Gasteiger charge is 2.15. The lowest BCUT2D eigenvalue weighted by molar-refractivity contribution is 0.0684. The van der Waals surface area contributed by atoms with Crippen molar-refractivity contribution in [3.8, 4) is 11.3 Å². The van der Waals surface area contributed by atoms with Crippen LogP contribution in [-0.2, 0) is 0 Å². The van der Waals surface area contributed by atoms with E-state index in [9.17, 15) is 4.79 Å². The van der Waals surface area contributed by atoms with Crippen LogP contribution in [0.15, 0.2) is 48.5 Å². The first-order valence-electron chi connectivity index (χ1n) is 5.92. The smallest absolute Gasteiger partial charge is 0.373 e. The maximum absolute atomic E-state index is 11.2. The largest absolute Gasteiger partial charge is 0.475 e. The summed E-state index contributed by atoms with van der Waals surface area (Å²) in [4.78, 5) is 19.3. The molecule has 20 heavy (non-hydrogen) atoms. The second-order valence-corrected chi connectivity index (χ2v) is 4.61. The number of aromatic nitrogens is 2. The van der Waals surface area contributed by atoms with Gasteiger partial charge in [0.1, 0.15) is 0 Å². The van der Waals surface area contributed by atoms with Crippen LogP contribution in [0.2, 0.25) is 5.02 Å². The van der Waals surface area contributed by atoms with Crippen molar-refractivity contribution in [1.29, 1.82) is 0 Å². The Bertz CT molecular complexity index is 818. The molecular weight excluding hydrogens is 276 g/mol. The van der Waals surface area contributed by atoms with E-state index in [0.29, 0.717) is 21.8 Å². The van der Waals surface area contributed by atoms with Crippen LogP contribution in [0.5, 0.6) is 0 Å². The fourth-order valence-electron chi connectivity index (χ4n) is 2.03. The van der Waals surface area contributed by atoms with Gasteiger partial charge in [-0.15, -0.1) is 0 Å². The fourth-order valence-corrected chi connectivity index (χ4v) is 2.26. The van der Waals surface area contributed by atoms with Crippen LogP contribution in [0.4, 0.5) is 0 Å². The molecule has 0 amide bonds. The number of aromatic carboxylic acids is 1. The van der Waals surface area contributed by atoms with Crippen molar-refractivity contribution in [2.45, 2.75) is 0 Å². The number of nitrogens with zero attached hydrogens (tertiary/aromatic N) is 2. The lowest BCUT2D eigenvalue weighted by atomic mass is 10.1. The molecule has 2 aromatic carbocycles. The molecule has 0 aliphatic rings. The van der Waals surface area contributed by atoms with E-state index < -0.39 is 5.97 Å². The topological polar surface area (TPSA) is 63.1 Å². The van der Waals surface area contributed by atoms with E-state index in [4.69, 9.17) is 16.7 Å². The van der Waals surface area contributed by atoms with E-state index in [1.165, 1.54) is 0 Å². The molecule has 0 spiro atoms. The average molecular weight is 285 g/mol. The van der Waals surface area contributed by atoms with Gasteiger partial charge in [-0.25, -0.2) is 14.8 Å². The normalized spacial score (nSPS) is 10.7. The minimum absolute atomic E-state index is 0.237. The number of benzene rings is 2. The summed E-state index contributed by atoms with van der Waals surface area (Å²) in [7, 11) is 0. The number of hydrogen-bond acceptors (Lipinski definition) is 3. The molecule has 0 fully saturated rings. The molecular formula is C15H9ClN2O2. The van der Waals surface area contributed by atoms with E-state index in [0.717, 1.165) is 5.39 Å². The van der Waals surface area contributed by atoms with Gasteiger partial charge in [-0.05, 0) is 12.1 Å². The average Bonchev–Trinajstić information content (AvgIpc) is 2.46. The van der Waals surface area contributed by atoms with Gasteiger partial charge < -0.3 is 5.11 Å². The van der Waals surface area contributed by atoms with Gasteiger partial charge in [-0.3, -0.25) is 0 Å². The van der Waals surface area contributed by atoms with Gasteiger partial charge in [-0.2, -0.15) is 0 Å². The van der Waals surface area contributed by atoms with Crippen LogP contribution in [0.3, 0.4) is 0 Å². The molecule has 0 bridgehead atoms. The van der Waals surface area contributed by atoms with Crippen molar-refractivity contribution >= 4 is 28.5 Å². The van der Waals surface area contributed by atoms with Crippen LogP contribution >= 0.6 is 11.6 Å². The third-order valence-electron chi connectivity index (χ3n) is 2.92. The van der Waals surface area contributed by atoms with E-state index in [-0.39, 0.29) is 5.82 Å². The Morgan fingerprint density at radius 1 is 1.00 bits per heavy atom. The van der Waals surface area contributed by atoms with Crippen LogP contribution in [0.1, 0.15) is 10.6 Å². The third kappa shape index (κ3) is 2.10. The molecule has 1 aromatic heterocycles. The van der Waals surface area contributed by atoms with Crippen molar-refractivity contribution in [2.24, 2.45) is 0 Å². The summed E-state index contributed by atoms with van der Waals surface area (Å²) in [6.45, 7) is 0. The number of carboxylic acids is 1. The van der Waals surface area contributed by atoms with Gasteiger partial charge in [0, 0.05) is 16.0 Å². The zero-order valence-electron chi connectivity index (χ0n) is 10.2. The predicted octanol–water partition coefficient (Wildman–Crippen LogP) is 3.65. The van der Waals surface area contributed by atoms with Gasteiger partial charge in [0.2, 0.25) is 5.82 Å². The second-order valence-electron chi connectivity index (χ2n) is 4.20. The van der Waals surface area contributed by atoms with Gasteiger partial charge in [0.15, 0.2) is 0 Å². The lowest BCUT2D eigenvalue weighted by Gasteiger charge is -2.08. The van der Waals surface area contributed by atoms with Gasteiger partial charge in [0.05, 0.1) is 11.2 Å². The number of fused-ring (bicyclic) bond motifs is 1. The van der Waals surface area contributed by atoms with Crippen LogP contribution in [0.25, 0.3) is 22.2 Å². The van der Waals surface area contributed by atoms with Crippen LogP contribution in [-0.4, -0.2) is 21.0 Å². The minimum atomic E-state index is -1.16. The monoisotopic (exact) mass is 284 g/mol. The second kappa shape index (κ2) is 4.90. The minimum Gasteiger partial charge on any atom is -0.475 e. The van der Waals surface area contributed by atoms with E-state index >= 15 is 0 Å². The molecule has 0 aliphatic carbocycles. The van der Waals surface area contributed by atoms with Gasteiger partial charge >= 0.3 is 5.97 Å². The molecule has 1 heterocycles. The lowest BCUT2D eigenvalue weighted by Crippen LogP contribution is -2.05. The predicted molar refractivity (Wildman–Crippen MR) is 76.9 cm³/mol. The number of rotatable bonds is 2. The van der Waals surface area contributed by atoms with Crippen molar-refractivity contribution in [3.63, 3.8) is 0 Å². The maximum atomic E-state index is 11.2. The Labute approximate surface area is 119 Å². The van der Waals surface area contributed by atoms with Crippen LogP contribution in [0, 0.1) is 0 Å². The summed E-state index contributed by atoms with van der Waals surface area (Å²) in [6, 6.07) is 14.5. The first kappa shape index (κ1) is 12.6. The molecule has 98 valence electrons. The molecule has 0 saturated heterocycles. The maximum Gasteiger partial charge on any atom is 0.373 e. The van der Waals surface area contributed by atoms with Crippen LogP contribution < -0.4 is 0 Å². The van der Waals surface area contributed by atoms with Gasteiger partial charge in [-0.1, -0.05) is 48.0 Å². The Balaban J connectivity index is 2.39. The highest BCUT2D eigenvalue weighted by atomic mass is 35.5. The summed E-state index contributed by atoms with van der Waals surface area (Å²) in [5, 5.41) is 10.4. The first-order chi connectivity index (χ1) is 9.66.